The van der Waals surface area contributed by atoms with Crippen LogP contribution in [0.25, 0.3) is 0 Å². The zero-order valence-electron chi connectivity index (χ0n) is 12.1. The van der Waals surface area contributed by atoms with Gasteiger partial charge in [0.25, 0.3) is 0 Å². The fourth-order valence-corrected chi connectivity index (χ4v) is 2.35. The van der Waals surface area contributed by atoms with Crippen molar-refractivity contribution in [2.45, 2.75) is 39.7 Å². The van der Waals surface area contributed by atoms with Crippen LogP contribution in [-0.2, 0) is 11.2 Å². The predicted octanol–water partition coefficient (Wildman–Crippen LogP) is 4.11. The largest absolute Gasteiger partial charge is 0.478 e. The van der Waals surface area contributed by atoms with Gasteiger partial charge < -0.3 is 9.84 Å². The van der Waals surface area contributed by atoms with Crippen LogP contribution in [0.5, 0.6) is 0 Å². The lowest BCUT2D eigenvalue weighted by Crippen LogP contribution is -2.28. The summed E-state index contributed by atoms with van der Waals surface area (Å²) >= 11 is 9.24. The maximum atomic E-state index is 11.8. The molecule has 1 rings (SSSR count). The summed E-state index contributed by atoms with van der Waals surface area (Å²) in [5.41, 5.74) is -0.456. The van der Waals surface area contributed by atoms with E-state index in [1.165, 1.54) is 0 Å². The number of amides is 1. The summed E-state index contributed by atoms with van der Waals surface area (Å²) in [5, 5.41) is 11.6. The number of aromatic carboxylic acids is 1. The van der Waals surface area contributed by atoms with Gasteiger partial charge in [0.05, 0.1) is 15.2 Å². The van der Waals surface area contributed by atoms with Crippen molar-refractivity contribution in [3.8, 4) is 0 Å². The number of anilines is 1. The maximum Gasteiger partial charge on any atom is 0.413 e. The number of carboxylic acids is 1. The number of rotatable bonds is 3. The SMILES string of the molecule is CCc1nc(NC(=O)OC(C)(C)C)c(C(=O)O)c(Cl)c1Br. The van der Waals surface area contributed by atoms with Crippen LogP contribution in [0.4, 0.5) is 10.6 Å². The molecule has 0 aromatic carbocycles. The van der Waals surface area contributed by atoms with Gasteiger partial charge in [-0.05, 0) is 43.1 Å². The minimum atomic E-state index is -1.29. The Morgan fingerprint density at radius 2 is 2.00 bits per heavy atom. The highest BCUT2D eigenvalue weighted by Crippen LogP contribution is 2.33. The molecule has 0 saturated carbocycles. The number of hydrogen-bond donors (Lipinski definition) is 2. The molecule has 0 spiro atoms. The molecule has 0 aliphatic carbocycles. The summed E-state index contributed by atoms with van der Waals surface area (Å²) in [6.45, 7) is 6.93. The highest BCUT2D eigenvalue weighted by atomic mass is 79.9. The van der Waals surface area contributed by atoms with Crippen molar-refractivity contribution in [1.29, 1.82) is 0 Å². The van der Waals surface area contributed by atoms with E-state index in [9.17, 15) is 14.7 Å². The van der Waals surface area contributed by atoms with E-state index in [1.807, 2.05) is 6.92 Å². The average molecular weight is 380 g/mol. The number of nitrogens with zero attached hydrogens (tertiary/aromatic N) is 1. The summed E-state index contributed by atoms with van der Waals surface area (Å²) in [5.74, 6) is -1.43. The van der Waals surface area contributed by atoms with Crippen molar-refractivity contribution in [2.24, 2.45) is 0 Å². The third kappa shape index (κ3) is 4.57. The van der Waals surface area contributed by atoms with Gasteiger partial charge in [-0.2, -0.15) is 0 Å². The second-order valence-electron chi connectivity index (χ2n) is 5.20. The molecule has 0 aliphatic rings. The molecular formula is C13H16BrClN2O4. The van der Waals surface area contributed by atoms with Crippen molar-refractivity contribution in [3.63, 3.8) is 0 Å². The topological polar surface area (TPSA) is 88.5 Å². The molecule has 1 aromatic rings. The van der Waals surface area contributed by atoms with Crippen LogP contribution in [0.3, 0.4) is 0 Å². The summed E-state index contributed by atoms with van der Waals surface area (Å²) < 4.78 is 5.48. The zero-order chi connectivity index (χ0) is 16.4. The zero-order valence-corrected chi connectivity index (χ0v) is 14.4. The van der Waals surface area contributed by atoms with E-state index in [0.717, 1.165) is 0 Å². The Balaban J connectivity index is 3.25. The van der Waals surface area contributed by atoms with Crippen LogP contribution in [0, 0.1) is 0 Å². The quantitative estimate of drug-likeness (QED) is 0.825. The van der Waals surface area contributed by atoms with E-state index < -0.39 is 17.7 Å². The number of pyridine rings is 1. The lowest BCUT2D eigenvalue weighted by Gasteiger charge is -2.20. The molecule has 1 heterocycles. The van der Waals surface area contributed by atoms with Crippen molar-refractivity contribution >= 4 is 45.4 Å². The number of nitrogens with one attached hydrogen (secondary N) is 1. The fraction of sp³-hybridized carbons (Fsp3) is 0.462. The molecule has 0 fully saturated rings. The number of carbonyl (C=O) groups is 2. The second-order valence-corrected chi connectivity index (χ2v) is 6.37. The van der Waals surface area contributed by atoms with Crippen LogP contribution in [-0.4, -0.2) is 27.8 Å². The number of hydrogen-bond acceptors (Lipinski definition) is 4. The van der Waals surface area contributed by atoms with Gasteiger partial charge in [0.15, 0.2) is 5.82 Å². The molecule has 0 aliphatic heterocycles. The normalized spacial score (nSPS) is 11.1. The Bertz CT molecular complexity index is 585. The van der Waals surface area contributed by atoms with E-state index in [-0.39, 0.29) is 16.4 Å². The van der Waals surface area contributed by atoms with Crippen molar-refractivity contribution in [1.82, 2.24) is 4.98 Å². The van der Waals surface area contributed by atoms with Crippen LogP contribution in [0.2, 0.25) is 5.02 Å². The van der Waals surface area contributed by atoms with Crippen molar-refractivity contribution in [3.05, 3.63) is 20.8 Å². The maximum absolute atomic E-state index is 11.8. The third-order valence-electron chi connectivity index (χ3n) is 2.32. The molecule has 6 nitrogen and oxygen atoms in total. The minimum Gasteiger partial charge on any atom is -0.478 e. The second kappa shape index (κ2) is 6.62. The van der Waals surface area contributed by atoms with Crippen LogP contribution < -0.4 is 5.32 Å². The van der Waals surface area contributed by atoms with Gasteiger partial charge >= 0.3 is 12.1 Å². The number of ether oxygens (including phenoxy) is 1. The molecule has 116 valence electrons. The monoisotopic (exact) mass is 378 g/mol. The Labute approximate surface area is 136 Å². The standard InChI is InChI=1S/C13H16BrClN2O4/c1-5-6-8(14)9(15)7(11(18)19)10(16-6)17-12(20)21-13(2,3)4/h5H2,1-4H3,(H,18,19)(H,16,17,20). The molecule has 8 heteroatoms. The van der Waals surface area contributed by atoms with Gasteiger partial charge in [0.2, 0.25) is 0 Å². The molecule has 1 amide bonds. The van der Waals surface area contributed by atoms with E-state index in [2.05, 4.69) is 26.2 Å². The first-order chi connectivity index (χ1) is 9.56. The van der Waals surface area contributed by atoms with E-state index in [1.54, 1.807) is 20.8 Å². The van der Waals surface area contributed by atoms with Crippen LogP contribution in [0.15, 0.2) is 4.47 Å². The summed E-state index contributed by atoms with van der Waals surface area (Å²) in [4.78, 5) is 27.2. The summed E-state index contributed by atoms with van der Waals surface area (Å²) in [7, 11) is 0. The van der Waals surface area contributed by atoms with Gasteiger partial charge in [-0.25, -0.2) is 14.6 Å². The Morgan fingerprint density at radius 3 is 2.43 bits per heavy atom. The van der Waals surface area contributed by atoms with E-state index >= 15 is 0 Å². The smallest absolute Gasteiger partial charge is 0.413 e. The highest BCUT2D eigenvalue weighted by molar-refractivity contribution is 9.10. The third-order valence-corrected chi connectivity index (χ3v) is 3.78. The number of halogens is 2. The molecule has 0 bridgehead atoms. The molecule has 0 unspecified atom stereocenters. The van der Waals surface area contributed by atoms with E-state index in [4.69, 9.17) is 16.3 Å². The van der Waals surface area contributed by atoms with Crippen molar-refractivity contribution in [2.75, 3.05) is 5.32 Å². The fourth-order valence-electron chi connectivity index (χ4n) is 1.50. The Morgan fingerprint density at radius 1 is 1.43 bits per heavy atom. The first-order valence-corrected chi connectivity index (χ1v) is 7.35. The molecule has 0 radical (unpaired) electrons. The van der Waals surface area contributed by atoms with Gasteiger partial charge in [0, 0.05) is 0 Å². The molecule has 2 N–H and O–H groups in total. The summed E-state index contributed by atoms with van der Waals surface area (Å²) in [6.07, 6.45) is -0.277. The Kier molecular flexibility index (Phi) is 5.58. The number of aryl methyl sites for hydroxylation is 1. The molecule has 21 heavy (non-hydrogen) atoms. The molecule has 0 atom stereocenters. The molecule has 1 aromatic heterocycles. The first-order valence-electron chi connectivity index (χ1n) is 6.18. The highest BCUT2D eigenvalue weighted by Gasteiger charge is 2.24. The van der Waals surface area contributed by atoms with Gasteiger partial charge in [0.1, 0.15) is 11.2 Å². The van der Waals surface area contributed by atoms with Crippen LogP contribution in [0.1, 0.15) is 43.7 Å². The molecular weight excluding hydrogens is 364 g/mol. The Hall–Kier alpha value is -1.34. The number of carboxylic acid groups (broad SMARTS) is 1. The van der Waals surface area contributed by atoms with Gasteiger partial charge in [-0.15, -0.1) is 0 Å². The van der Waals surface area contributed by atoms with Gasteiger partial charge in [-0.3, -0.25) is 5.32 Å². The molecule has 0 saturated heterocycles. The van der Waals surface area contributed by atoms with E-state index in [0.29, 0.717) is 16.6 Å². The number of aromatic nitrogens is 1. The first kappa shape index (κ1) is 17.7. The lowest BCUT2D eigenvalue weighted by atomic mass is 10.2. The predicted molar refractivity (Wildman–Crippen MR) is 83.1 cm³/mol. The number of carbonyl (C=O) groups excluding carboxylic acids is 1. The minimum absolute atomic E-state index is 0.0135. The van der Waals surface area contributed by atoms with Crippen molar-refractivity contribution < 1.29 is 19.4 Å². The average Bonchev–Trinajstić information content (AvgIpc) is 2.30. The summed E-state index contributed by atoms with van der Waals surface area (Å²) in [6, 6.07) is 0. The van der Waals surface area contributed by atoms with Crippen LogP contribution >= 0.6 is 27.5 Å². The lowest BCUT2D eigenvalue weighted by molar-refractivity contribution is 0.0635. The van der Waals surface area contributed by atoms with Gasteiger partial charge in [-0.1, -0.05) is 18.5 Å².